The maximum atomic E-state index is 12.2. The van der Waals surface area contributed by atoms with Crippen LogP contribution in [0.15, 0.2) is 0 Å². The van der Waals surface area contributed by atoms with Crippen LogP contribution in [0.5, 0.6) is 0 Å². The Bertz CT molecular complexity index is 527. The summed E-state index contributed by atoms with van der Waals surface area (Å²) >= 11 is 0. The Balaban J connectivity index is 1.90. The van der Waals surface area contributed by atoms with Crippen molar-refractivity contribution < 1.29 is 23.1 Å². The fourth-order valence-corrected chi connectivity index (χ4v) is 3.84. The zero-order valence-electron chi connectivity index (χ0n) is 12.2. The Kier molecular flexibility index (Phi) is 4.57. The van der Waals surface area contributed by atoms with Crippen LogP contribution in [-0.4, -0.2) is 55.6 Å². The molecule has 1 saturated heterocycles. The Morgan fingerprint density at radius 1 is 1.33 bits per heavy atom. The first-order valence-electron chi connectivity index (χ1n) is 7.21. The van der Waals surface area contributed by atoms with E-state index in [9.17, 15) is 23.1 Å². The van der Waals surface area contributed by atoms with E-state index in [1.807, 2.05) is 0 Å². The van der Waals surface area contributed by atoms with Crippen LogP contribution in [0.2, 0.25) is 0 Å². The molecule has 2 rings (SSSR count). The molecule has 1 saturated carbocycles. The largest absolute Gasteiger partial charge is 0.481 e. The first-order chi connectivity index (χ1) is 9.74. The van der Waals surface area contributed by atoms with Crippen LogP contribution in [0.1, 0.15) is 32.1 Å². The molecule has 1 heterocycles. The molecule has 21 heavy (non-hydrogen) atoms. The van der Waals surface area contributed by atoms with Crippen LogP contribution < -0.4 is 5.32 Å². The van der Waals surface area contributed by atoms with Crippen molar-refractivity contribution in [3.8, 4) is 0 Å². The van der Waals surface area contributed by atoms with Gasteiger partial charge in [0, 0.05) is 19.6 Å². The topological polar surface area (TPSA) is 104 Å². The second-order valence-corrected chi connectivity index (χ2v) is 8.10. The van der Waals surface area contributed by atoms with E-state index in [4.69, 9.17) is 0 Å². The zero-order chi connectivity index (χ0) is 15.7. The number of hydrogen-bond acceptors (Lipinski definition) is 4. The molecule has 2 N–H and O–H groups in total. The minimum Gasteiger partial charge on any atom is -0.481 e. The fraction of sp³-hybridized carbons (Fsp3) is 0.846. The minimum absolute atomic E-state index is 0.135. The Hall–Kier alpha value is -1.15. The van der Waals surface area contributed by atoms with Crippen molar-refractivity contribution in [3.05, 3.63) is 0 Å². The number of carbonyl (C=O) groups is 2. The lowest BCUT2D eigenvalue weighted by Gasteiger charge is -2.38. The number of nitrogens with one attached hydrogen (secondary N) is 1. The molecule has 7 nitrogen and oxygen atoms in total. The number of amides is 1. The standard InChI is InChI=1S/C13H22N2O5S/c1-21(19,20)15-7-2-4-10(8-15)11(16)14-9-13(12(17)18)5-3-6-13/h10H,2-9H2,1H3,(H,14,16)(H,17,18). The zero-order valence-corrected chi connectivity index (χ0v) is 13.0. The Labute approximate surface area is 124 Å². The van der Waals surface area contributed by atoms with Crippen molar-refractivity contribution >= 4 is 21.9 Å². The second-order valence-electron chi connectivity index (χ2n) is 6.12. The predicted molar refractivity (Wildman–Crippen MR) is 76.1 cm³/mol. The van der Waals surface area contributed by atoms with Gasteiger partial charge in [0.1, 0.15) is 0 Å². The molecule has 2 aliphatic rings. The number of piperidine rings is 1. The van der Waals surface area contributed by atoms with Gasteiger partial charge in [-0.05, 0) is 25.7 Å². The van der Waals surface area contributed by atoms with Crippen LogP contribution in [0.3, 0.4) is 0 Å². The van der Waals surface area contributed by atoms with Crippen molar-refractivity contribution in [1.29, 1.82) is 0 Å². The average Bonchev–Trinajstić information content (AvgIpc) is 2.36. The number of carboxylic acids is 1. The number of hydrogen-bond donors (Lipinski definition) is 2. The molecule has 120 valence electrons. The van der Waals surface area contributed by atoms with Gasteiger partial charge in [0.2, 0.25) is 15.9 Å². The molecule has 0 radical (unpaired) electrons. The summed E-state index contributed by atoms with van der Waals surface area (Å²) in [5, 5.41) is 11.9. The van der Waals surface area contributed by atoms with E-state index in [2.05, 4.69) is 5.32 Å². The number of carbonyl (C=O) groups excluding carboxylic acids is 1. The monoisotopic (exact) mass is 318 g/mol. The van der Waals surface area contributed by atoms with E-state index in [0.717, 1.165) is 12.7 Å². The minimum atomic E-state index is -3.28. The Morgan fingerprint density at radius 2 is 2.00 bits per heavy atom. The van der Waals surface area contributed by atoms with Crippen LogP contribution in [0.25, 0.3) is 0 Å². The van der Waals surface area contributed by atoms with Crippen LogP contribution in [-0.2, 0) is 19.6 Å². The van der Waals surface area contributed by atoms with Gasteiger partial charge in [0.15, 0.2) is 0 Å². The number of carboxylic acid groups (broad SMARTS) is 1. The number of nitrogens with zero attached hydrogens (tertiary/aromatic N) is 1. The van der Waals surface area contributed by atoms with Crippen molar-refractivity contribution in [2.75, 3.05) is 25.9 Å². The summed E-state index contributed by atoms with van der Waals surface area (Å²) in [6.07, 6.45) is 4.47. The third kappa shape index (κ3) is 3.55. The molecule has 0 bridgehead atoms. The Morgan fingerprint density at radius 3 is 2.48 bits per heavy atom. The SMILES string of the molecule is CS(=O)(=O)N1CCCC(C(=O)NCC2(C(=O)O)CCC2)C1. The number of aliphatic carboxylic acids is 1. The third-order valence-electron chi connectivity index (χ3n) is 4.59. The van der Waals surface area contributed by atoms with Crippen molar-refractivity contribution in [1.82, 2.24) is 9.62 Å². The lowest BCUT2D eigenvalue weighted by Crippen LogP contribution is -2.51. The molecule has 1 aliphatic heterocycles. The molecule has 0 aromatic heterocycles. The third-order valence-corrected chi connectivity index (χ3v) is 5.86. The van der Waals surface area contributed by atoms with Gasteiger partial charge >= 0.3 is 5.97 Å². The van der Waals surface area contributed by atoms with Crippen molar-refractivity contribution in [2.45, 2.75) is 32.1 Å². The van der Waals surface area contributed by atoms with Crippen LogP contribution in [0.4, 0.5) is 0 Å². The summed E-state index contributed by atoms with van der Waals surface area (Å²) < 4.78 is 24.4. The highest BCUT2D eigenvalue weighted by molar-refractivity contribution is 7.88. The highest BCUT2D eigenvalue weighted by Crippen LogP contribution is 2.40. The van der Waals surface area contributed by atoms with Gasteiger partial charge in [-0.25, -0.2) is 12.7 Å². The van der Waals surface area contributed by atoms with Crippen molar-refractivity contribution in [2.24, 2.45) is 11.3 Å². The van der Waals surface area contributed by atoms with E-state index in [1.54, 1.807) is 0 Å². The summed E-state index contributed by atoms with van der Waals surface area (Å²) in [5.41, 5.74) is -0.819. The molecule has 1 amide bonds. The molecule has 0 spiro atoms. The van der Waals surface area contributed by atoms with Gasteiger partial charge in [-0.3, -0.25) is 9.59 Å². The first-order valence-corrected chi connectivity index (χ1v) is 9.06. The van der Waals surface area contributed by atoms with Crippen molar-refractivity contribution in [3.63, 3.8) is 0 Å². The van der Waals surface area contributed by atoms with E-state index < -0.39 is 21.4 Å². The van der Waals surface area contributed by atoms with Gasteiger partial charge in [-0.2, -0.15) is 0 Å². The molecule has 0 aromatic rings. The summed E-state index contributed by atoms with van der Waals surface area (Å²) in [6, 6.07) is 0. The molecule has 1 atom stereocenters. The first kappa shape index (κ1) is 16.2. The predicted octanol–water partition coefficient (Wildman–Crippen LogP) is 0.0291. The van der Waals surface area contributed by atoms with E-state index in [1.165, 1.54) is 4.31 Å². The van der Waals surface area contributed by atoms with Gasteiger partial charge in [0.25, 0.3) is 0 Å². The summed E-state index contributed by atoms with van der Waals surface area (Å²) in [6.45, 7) is 0.767. The summed E-state index contributed by atoms with van der Waals surface area (Å²) in [5.74, 6) is -1.49. The molecule has 0 aromatic carbocycles. The maximum Gasteiger partial charge on any atom is 0.311 e. The van der Waals surface area contributed by atoms with Gasteiger partial charge in [0.05, 0.1) is 17.6 Å². The van der Waals surface area contributed by atoms with Crippen LogP contribution in [0, 0.1) is 11.3 Å². The molecule has 8 heteroatoms. The lowest BCUT2D eigenvalue weighted by atomic mass is 9.68. The summed E-state index contributed by atoms with van der Waals surface area (Å²) in [7, 11) is -3.28. The van der Waals surface area contributed by atoms with E-state index in [0.29, 0.717) is 32.2 Å². The normalized spacial score (nSPS) is 25.9. The molecule has 1 aliphatic carbocycles. The molecule has 1 unspecified atom stereocenters. The summed E-state index contributed by atoms with van der Waals surface area (Å²) in [4.78, 5) is 23.4. The number of sulfonamides is 1. The van der Waals surface area contributed by atoms with Gasteiger partial charge in [-0.15, -0.1) is 0 Å². The van der Waals surface area contributed by atoms with Gasteiger partial charge < -0.3 is 10.4 Å². The average molecular weight is 318 g/mol. The van der Waals surface area contributed by atoms with Crippen LogP contribution >= 0.6 is 0 Å². The highest BCUT2D eigenvalue weighted by atomic mass is 32.2. The smallest absolute Gasteiger partial charge is 0.311 e. The van der Waals surface area contributed by atoms with E-state index in [-0.39, 0.29) is 24.9 Å². The van der Waals surface area contributed by atoms with E-state index >= 15 is 0 Å². The maximum absolute atomic E-state index is 12.2. The molecule has 2 fully saturated rings. The quantitative estimate of drug-likeness (QED) is 0.744. The molecular formula is C13H22N2O5S. The number of rotatable bonds is 5. The lowest BCUT2D eigenvalue weighted by molar-refractivity contribution is -0.154. The second kappa shape index (κ2) is 5.92. The fourth-order valence-electron chi connectivity index (χ4n) is 2.93. The highest BCUT2D eigenvalue weighted by Gasteiger charge is 2.44. The van der Waals surface area contributed by atoms with Gasteiger partial charge in [-0.1, -0.05) is 6.42 Å². The molecular weight excluding hydrogens is 296 g/mol.